The fourth-order valence-corrected chi connectivity index (χ4v) is 2.51. The van der Waals surface area contributed by atoms with Crippen molar-refractivity contribution in [1.29, 1.82) is 0 Å². The number of nitrogens with one attached hydrogen (secondary N) is 4. The number of benzene rings is 2. The average Bonchev–Trinajstić information content (AvgIpc) is 3.07. The summed E-state index contributed by atoms with van der Waals surface area (Å²) in [5.41, 5.74) is 2.56. The van der Waals surface area contributed by atoms with E-state index in [4.69, 9.17) is 4.74 Å². The van der Waals surface area contributed by atoms with Crippen LogP contribution in [-0.2, 0) is 0 Å². The van der Waals surface area contributed by atoms with Crippen molar-refractivity contribution < 1.29 is 14.3 Å². The predicted molar refractivity (Wildman–Crippen MR) is 102 cm³/mol. The first kappa shape index (κ1) is 17.3. The summed E-state index contributed by atoms with van der Waals surface area (Å²) in [6, 6.07) is 14.0. The molecule has 0 unspecified atom stereocenters. The number of urea groups is 1. The van der Waals surface area contributed by atoms with Gasteiger partial charge in [-0.15, -0.1) is 0 Å². The Morgan fingerprint density at radius 3 is 2.35 bits per heavy atom. The number of rotatable bonds is 5. The molecule has 3 amide bonds. The van der Waals surface area contributed by atoms with E-state index in [0.717, 1.165) is 16.7 Å². The van der Waals surface area contributed by atoms with Gasteiger partial charge in [0.25, 0.3) is 5.91 Å². The lowest BCUT2D eigenvalue weighted by molar-refractivity contribution is 0.102. The van der Waals surface area contributed by atoms with Gasteiger partial charge in [0, 0.05) is 35.4 Å². The number of hydrogen-bond acceptors (Lipinski definition) is 3. The van der Waals surface area contributed by atoms with E-state index in [9.17, 15) is 9.59 Å². The quantitative estimate of drug-likeness (QED) is 0.565. The topological polar surface area (TPSA) is 95.2 Å². The van der Waals surface area contributed by atoms with Gasteiger partial charge in [-0.05, 0) is 49.4 Å². The molecule has 3 aromatic rings. The van der Waals surface area contributed by atoms with Gasteiger partial charge in [-0.3, -0.25) is 4.79 Å². The number of carbonyl (C=O) groups is 2. The molecule has 0 radical (unpaired) electrons. The Bertz CT molecular complexity index is 932. The molecule has 7 nitrogen and oxygen atoms in total. The van der Waals surface area contributed by atoms with E-state index in [-0.39, 0.29) is 11.9 Å². The van der Waals surface area contributed by atoms with E-state index in [1.807, 2.05) is 25.1 Å². The fourth-order valence-electron chi connectivity index (χ4n) is 2.51. The van der Waals surface area contributed by atoms with Crippen LogP contribution in [0, 0.1) is 0 Å². The Morgan fingerprint density at radius 2 is 1.69 bits per heavy atom. The molecule has 1 aromatic heterocycles. The summed E-state index contributed by atoms with van der Waals surface area (Å²) in [7, 11) is 1.54. The maximum atomic E-state index is 12.5. The number of H-pyrrole nitrogens is 1. The Kier molecular flexibility index (Phi) is 5.07. The molecule has 26 heavy (non-hydrogen) atoms. The minimum Gasteiger partial charge on any atom is -0.494 e. The van der Waals surface area contributed by atoms with Crippen LogP contribution in [0.3, 0.4) is 0 Å². The molecule has 0 aliphatic rings. The third-order valence-corrected chi connectivity index (χ3v) is 3.78. The lowest BCUT2D eigenvalue weighted by atomic mass is 10.2. The zero-order valence-electron chi connectivity index (χ0n) is 14.6. The molecule has 0 aliphatic heterocycles. The van der Waals surface area contributed by atoms with Crippen molar-refractivity contribution in [3.8, 4) is 5.75 Å². The van der Waals surface area contributed by atoms with Crippen molar-refractivity contribution in [3.63, 3.8) is 0 Å². The molecule has 0 fully saturated rings. The highest BCUT2D eigenvalue weighted by Crippen LogP contribution is 2.22. The van der Waals surface area contributed by atoms with Crippen molar-refractivity contribution in [2.75, 3.05) is 24.3 Å². The molecular weight excluding hydrogens is 332 g/mol. The van der Waals surface area contributed by atoms with Crippen LogP contribution in [0.1, 0.15) is 17.4 Å². The summed E-state index contributed by atoms with van der Waals surface area (Å²) in [5.74, 6) is 0.513. The first-order valence-corrected chi connectivity index (χ1v) is 8.24. The van der Waals surface area contributed by atoms with Gasteiger partial charge in [0.2, 0.25) is 0 Å². The predicted octanol–water partition coefficient (Wildman–Crippen LogP) is 3.57. The Balaban J connectivity index is 1.71. The van der Waals surface area contributed by atoms with Crippen LogP contribution in [0.25, 0.3) is 10.9 Å². The first-order chi connectivity index (χ1) is 12.6. The summed E-state index contributed by atoms with van der Waals surface area (Å²) in [4.78, 5) is 26.8. The summed E-state index contributed by atoms with van der Waals surface area (Å²) in [5, 5.41) is 8.89. The second kappa shape index (κ2) is 7.60. The van der Waals surface area contributed by atoms with Gasteiger partial charge in [0.15, 0.2) is 0 Å². The largest absolute Gasteiger partial charge is 0.494 e. The molecule has 134 valence electrons. The van der Waals surface area contributed by atoms with Crippen molar-refractivity contribution in [3.05, 3.63) is 54.2 Å². The molecule has 7 heteroatoms. The summed E-state index contributed by atoms with van der Waals surface area (Å²) in [6.07, 6.45) is 0. The van der Waals surface area contributed by atoms with Crippen LogP contribution in [0.15, 0.2) is 48.5 Å². The van der Waals surface area contributed by atoms with Gasteiger partial charge in [0.05, 0.1) is 6.61 Å². The smallest absolute Gasteiger partial charge is 0.318 e. The number of aromatic amines is 1. The number of carbonyl (C=O) groups excluding carboxylic acids is 2. The fraction of sp³-hybridized carbons (Fsp3) is 0.158. The number of hydrogen-bond donors (Lipinski definition) is 4. The second-order valence-corrected chi connectivity index (χ2v) is 5.60. The lowest BCUT2D eigenvalue weighted by Gasteiger charge is -2.07. The SMILES string of the molecule is CCOc1ccc2cc(C(=O)Nc3ccc(NC(=O)NC)cc3)[nH]c2c1. The highest BCUT2D eigenvalue weighted by Gasteiger charge is 2.11. The van der Waals surface area contributed by atoms with Crippen LogP contribution in [0.4, 0.5) is 16.2 Å². The molecular formula is C19H20N4O3. The van der Waals surface area contributed by atoms with Crippen molar-refractivity contribution >= 4 is 34.2 Å². The molecule has 0 bridgehead atoms. The number of anilines is 2. The van der Waals surface area contributed by atoms with Crippen molar-refractivity contribution in [2.45, 2.75) is 6.92 Å². The van der Waals surface area contributed by atoms with E-state index in [0.29, 0.717) is 23.7 Å². The van der Waals surface area contributed by atoms with Crippen LogP contribution in [-0.4, -0.2) is 30.6 Å². The van der Waals surface area contributed by atoms with Crippen LogP contribution < -0.4 is 20.7 Å². The maximum absolute atomic E-state index is 12.5. The molecule has 0 saturated carbocycles. The van der Waals surface area contributed by atoms with E-state index >= 15 is 0 Å². The minimum atomic E-state index is -0.300. The van der Waals surface area contributed by atoms with E-state index in [1.54, 1.807) is 37.4 Å². The summed E-state index contributed by atoms with van der Waals surface area (Å²) in [6.45, 7) is 2.51. The van der Waals surface area contributed by atoms with Crippen LogP contribution in [0.2, 0.25) is 0 Å². The van der Waals surface area contributed by atoms with Crippen molar-refractivity contribution in [1.82, 2.24) is 10.3 Å². The molecule has 0 spiro atoms. The molecule has 0 atom stereocenters. The Labute approximate surface area is 150 Å². The number of ether oxygens (including phenoxy) is 1. The third kappa shape index (κ3) is 3.94. The van der Waals surface area contributed by atoms with Gasteiger partial charge in [-0.1, -0.05) is 0 Å². The molecule has 3 rings (SSSR count). The molecule has 0 saturated heterocycles. The molecule has 0 aliphatic carbocycles. The van der Waals surface area contributed by atoms with Gasteiger partial charge >= 0.3 is 6.03 Å². The number of fused-ring (bicyclic) bond motifs is 1. The number of amides is 3. The zero-order valence-corrected chi connectivity index (χ0v) is 14.6. The van der Waals surface area contributed by atoms with E-state index in [1.165, 1.54) is 0 Å². The zero-order chi connectivity index (χ0) is 18.5. The van der Waals surface area contributed by atoms with Gasteiger partial charge < -0.3 is 25.7 Å². The van der Waals surface area contributed by atoms with Gasteiger partial charge in [-0.2, -0.15) is 0 Å². The Hall–Kier alpha value is -3.48. The highest BCUT2D eigenvalue weighted by molar-refractivity contribution is 6.06. The van der Waals surface area contributed by atoms with Gasteiger partial charge in [0.1, 0.15) is 11.4 Å². The first-order valence-electron chi connectivity index (χ1n) is 8.24. The standard InChI is InChI=1S/C19H20N4O3/c1-3-26-15-9-4-12-10-17(23-16(12)11-15)18(24)21-13-5-7-14(8-6-13)22-19(25)20-2/h4-11,23H,3H2,1-2H3,(H,21,24)(H2,20,22,25). The summed E-state index contributed by atoms with van der Waals surface area (Å²) < 4.78 is 5.47. The molecule has 1 heterocycles. The number of aromatic nitrogens is 1. The molecule has 2 aromatic carbocycles. The van der Waals surface area contributed by atoms with Crippen LogP contribution >= 0.6 is 0 Å². The van der Waals surface area contributed by atoms with Gasteiger partial charge in [-0.25, -0.2) is 4.79 Å². The van der Waals surface area contributed by atoms with Crippen LogP contribution in [0.5, 0.6) is 5.75 Å². The minimum absolute atomic E-state index is 0.244. The average molecular weight is 352 g/mol. The van der Waals surface area contributed by atoms with E-state index in [2.05, 4.69) is 20.9 Å². The normalized spacial score (nSPS) is 10.4. The van der Waals surface area contributed by atoms with Crippen molar-refractivity contribution in [2.24, 2.45) is 0 Å². The molecule has 4 N–H and O–H groups in total. The summed E-state index contributed by atoms with van der Waals surface area (Å²) >= 11 is 0. The van der Waals surface area contributed by atoms with E-state index < -0.39 is 0 Å². The second-order valence-electron chi connectivity index (χ2n) is 5.60. The Morgan fingerprint density at radius 1 is 1.00 bits per heavy atom. The monoisotopic (exact) mass is 352 g/mol. The highest BCUT2D eigenvalue weighted by atomic mass is 16.5. The lowest BCUT2D eigenvalue weighted by Crippen LogP contribution is -2.24. The maximum Gasteiger partial charge on any atom is 0.318 e. The third-order valence-electron chi connectivity index (χ3n) is 3.78.